The number of nitrogens with zero attached hydrogens (tertiary/aromatic N) is 3. The second kappa shape index (κ2) is 8.99. The number of nitrogens with one attached hydrogen (secondary N) is 1. The van der Waals surface area contributed by atoms with E-state index in [0.717, 1.165) is 32.2 Å². The van der Waals surface area contributed by atoms with E-state index in [4.69, 9.17) is 5.26 Å². The van der Waals surface area contributed by atoms with E-state index >= 15 is 0 Å². The van der Waals surface area contributed by atoms with E-state index in [0.29, 0.717) is 17.7 Å². The van der Waals surface area contributed by atoms with E-state index in [1.165, 1.54) is 0 Å². The first kappa shape index (κ1) is 20.6. The molecular formula is C25H19BrN4O. The molecule has 0 radical (unpaired) electrons. The maximum atomic E-state index is 12.4. The summed E-state index contributed by atoms with van der Waals surface area (Å²) < 4.78 is 2.94. The standard InChI is InChI=1S/C25H19BrN4O/c1-17-22(15-28-29-25(31)21-7-2-4-8-23(21)26)20-6-3-5-9-24(20)30(17)16-19-12-10-18(14-27)11-13-19/h2-13,15H,16H2,1H3,(H,29,31)/b28-15+. The molecule has 0 unspecified atom stereocenters. The number of hydrogen-bond acceptors (Lipinski definition) is 3. The summed E-state index contributed by atoms with van der Waals surface area (Å²) in [6, 6.07) is 25.1. The highest BCUT2D eigenvalue weighted by Gasteiger charge is 2.13. The van der Waals surface area contributed by atoms with Crippen LogP contribution in [0.25, 0.3) is 10.9 Å². The van der Waals surface area contributed by atoms with Gasteiger partial charge in [-0.15, -0.1) is 0 Å². The van der Waals surface area contributed by atoms with Crippen LogP contribution < -0.4 is 5.43 Å². The monoisotopic (exact) mass is 470 g/mol. The summed E-state index contributed by atoms with van der Waals surface area (Å²) >= 11 is 3.39. The summed E-state index contributed by atoms with van der Waals surface area (Å²) in [5.41, 5.74) is 7.98. The van der Waals surface area contributed by atoms with Crippen molar-refractivity contribution in [2.24, 2.45) is 5.10 Å². The predicted octanol–water partition coefficient (Wildman–Crippen LogP) is 5.40. The van der Waals surface area contributed by atoms with Crippen LogP contribution in [0.1, 0.15) is 32.7 Å². The van der Waals surface area contributed by atoms with Gasteiger partial charge in [0, 0.05) is 33.2 Å². The summed E-state index contributed by atoms with van der Waals surface area (Å²) in [4.78, 5) is 12.4. The fourth-order valence-corrected chi connectivity index (χ4v) is 4.02. The highest BCUT2D eigenvalue weighted by Crippen LogP contribution is 2.25. The number of halogens is 1. The highest BCUT2D eigenvalue weighted by molar-refractivity contribution is 9.10. The van der Waals surface area contributed by atoms with Gasteiger partial charge in [0.25, 0.3) is 5.91 Å². The number of carbonyl (C=O) groups excluding carboxylic acids is 1. The lowest BCUT2D eigenvalue weighted by atomic mass is 10.1. The van der Waals surface area contributed by atoms with Crippen molar-refractivity contribution in [1.82, 2.24) is 9.99 Å². The van der Waals surface area contributed by atoms with Crippen molar-refractivity contribution < 1.29 is 4.79 Å². The Morgan fingerprint density at radius 1 is 1.10 bits per heavy atom. The predicted molar refractivity (Wildman–Crippen MR) is 126 cm³/mol. The maximum Gasteiger partial charge on any atom is 0.272 e. The molecule has 1 aromatic heterocycles. The minimum atomic E-state index is -0.275. The molecule has 1 heterocycles. The number of fused-ring (bicyclic) bond motifs is 1. The van der Waals surface area contributed by atoms with Crippen LogP contribution in [0, 0.1) is 18.3 Å². The molecule has 1 N–H and O–H groups in total. The molecule has 0 aliphatic rings. The molecule has 4 aromatic rings. The van der Waals surface area contributed by atoms with Gasteiger partial charge in [0.15, 0.2) is 0 Å². The van der Waals surface area contributed by atoms with Crippen molar-refractivity contribution in [3.63, 3.8) is 0 Å². The number of benzene rings is 3. The third kappa shape index (κ3) is 4.27. The van der Waals surface area contributed by atoms with Crippen LogP contribution in [0.15, 0.2) is 82.4 Å². The van der Waals surface area contributed by atoms with Gasteiger partial charge in [-0.1, -0.05) is 42.5 Å². The number of carbonyl (C=O) groups is 1. The van der Waals surface area contributed by atoms with Gasteiger partial charge in [0.1, 0.15) is 0 Å². The second-order valence-electron chi connectivity index (χ2n) is 7.09. The third-order valence-electron chi connectivity index (χ3n) is 5.18. The number of para-hydroxylation sites is 1. The van der Waals surface area contributed by atoms with E-state index in [2.05, 4.69) is 49.2 Å². The molecular weight excluding hydrogens is 452 g/mol. The van der Waals surface area contributed by atoms with Gasteiger partial charge < -0.3 is 4.57 Å². The fraction of sp³-hybridized carbons (Fsp3) is 0.0800. The van der Waals surface area contributed by atoms with E-state index in [9.17, 15) is 4.79 Å². The minimum absolute atomic E-state index is 0.275. The molecule has 31 heavy (non-hydrogen) atoms. The summed E-state index contributed by atoms with van der Waals surface area (Å²) in [5, 5.41) is 14.3. The average molecular weight is 471 g/mol. The number of nitriles is 1. The molecule has 152 valence electrons. The molecule has 0 saturated heterocycles. The quantitative estimate of drug-likeness (QED) is 0.313. The Morgan fingerprint density at radius 3 is 2.55 bits per heavy atom. The molecule has 4 rings (SSSR count). The van der Waals surface area contributed by atoms with Crippen LogP contribution in [0.4, 0.5) is 0 Å². The zero-order chi connectivity index (χ0) is 21.8. The Morgan fingerprint density at radius 2 is 1.81 bits per heavy atom. The lowest BCUT2D eigenvalue weighted by molar-refractivity contribution is 0.0954. The van der Waals surface area contributed by atoms with Crippen LogP contribution in [-0.2, 0) is 6.54 Å². The molecule has 0 bridgehead atoms. The van der Waals surface area contributed by atoms with Crippen LogP contribution >= 0.6 is 15.9 Å². The Balaban J connectivity index is 1.63. The zero-order valence-electron chi connectivity index (χ0n) is 16.8. The van der Waals surface area contributed by atoms with Crippen molar-refractivity contribution in [2.75, 3.05) is 0 Å². The van der Waals surface area contributed by atoms with E-state index < -0.39 is 0 Å². The average Bonchev–Trinajstić information content (AvgIpc) is 3.06. The van der Waals surface area contributed by atoms with Gasteiger partial charge in [-0.25, -0.2) is 5.43 Å². The van der Waals surface area contributed by atoms with Gasteiger partial charge in [0.05, 0.1) is 23.4 Å². The molecule has 0 spiro atoms. The Kier molecular flexibility index (Phi) is 5.96. The molecule has 0 saturated carbocycles. The van der Waals surface area contributed by atoms with Crippen LogP contribution in [0.3, 0.4) is 0 Å². The number of rotatable bonds is 5. The highest BCUT2D eigenvalue weighted by atomic mass is 79.9. The SMILES string of the molecule is Cc1c(/C=N/NC(=O)c2ccccc2Br)c2ccccc2n1Cc1ccc(C#N)cc1. The molecule has 0 atom stereocenters. The van der Waals surface area contributed by atoms with Gasteiger partial charge >= 0.3 is 0 Å². The molecule has 0 aliphatic carbocycles. The van der Waals surface area contributed by atoms with E-state index in [1.807, 2.05) is 61.5 Å². The van der Waals surface area contributed by atoms with E-state index in [1.54, 1.807) is 12.3 Å². The fourth-order valence-electron chi connectivity index (χ4n) is 3.55. The van der Waals surface area contributed by atoms with Gasteiger partial charge in [-0.3, -0.25) is 4.79 Å². The minimum Gasteiger partial charge on any atom is -0.340 e. The van der Waals surface area contributed by atoms with Crippen molar-refractivity contribution in [1.29, 1.82) is 5.26 Å². The van der Waals surface area contributed by atoms with Crippen molar-refractivity contribution in [3.05, 3.63) is 105 Å². The van der Waals surface area contributed by atoms with Crippen molar-refractivity contribution in [3.8, 4) is 6.07 Å². The van der Waals surface area contributed by atoms with Gasteiger partial charge in [-0.2, -0.15) is 10.4 Å². The molecule has 5 nitrogen and oxygen atoms in total. The summed E-state index contributed by atoms with van der Waals surface area (Å²) in [6.45, 7) is 2.72. The molecule has 1 amide bonds. The summed E-state index contributed by atoms with van der Waals surface area (Å²) in [6.07, 6.45) is 1.70. The Hall–Kier alpha value is -3.69. The molecule has 3 aromatic carbocycles. The Labute approximate surface area is 188 Å². The normalized spacial score (nSPS) is 11.0. The topological polar surface area (TPSA) is 70.2 Å². The molecule has 6 heteroatoms. The first-order valence-electron chi connectivity index (χ1n) is 9.73. The largest absolute Gasteiger partial charge is 0.340 e. The number of amides is 1. The molecule has 0 aliphatic heterocycles. The van der Waals surface area contributed by atoms with Gasteiger partial charge in [0.2, 0.25) is 0 Å². The third-order valence-corrected chi connectivity index (χ3v) is 5.87. The number of aromatic nitrogens is 1. The lowest BCUT2D eigenvalue weighted by Crippen LogP contribution is -2.18. The van der Waals surface area contributed by atoms with Crippen LogP contribution in [-0.4, -0.2) is 16.7 Å². The maximum absolute atomic E-state index is 12.4. The molecule has 0 fully saturated rings. The second-order valence-corrected chi connectivity index (χ2v) is 7.94. The van der Waals surface area contributed by atoms with Gasteiger partial charge in [-0.05, 0) is 58.7 Å². The summed E-state index contributed by atoms with van der Waals surface area (Å²) in [5.74, 6) is -0.275. The zero-order valence-corrected chi connectivity index (χ0v) is 18.4. The number of hydrogen-bond donors (Lipinski definition) is 1. The van der Waals surface area contributed by atoms with Crippen molar-refractivity contribution >= 4 is 39.0 Å². The Bertz CT molecular complexity index is 1330. The van der Waals surface area contributed by atoms with Crippen LogP contribution in [0.5, 0.6) is 0 Å². The lowest BCUT2D eigenvalue weighted by Gasteiger charge is -2.09. The van der Waals surface area contributed by atoms with Crippen molar-refractivity contribution in [2.45, 2.75) is 13.5 Å². The smallest absolute Gasteiger partial charge is 0.272 e. The first-order valence-corrected chi connectivity index (χ1v) is 10.5. The number of hydrazone groups is 1. The van der Waals surface area contributed by atoms with Crippen LogP contribution in [0.2, 0.25) is 0 Å². The first-order chi connectivity index (χ1) is 15.1. The summed E-state index contributed by atoms with van der Waals surface area (Å²) in [7, 11) is 0. The van der Waals surface area contributed by atoms with E-state index in [-0.39, 0.29) is 5.91 Å².